The number of nitrogens with zero attached hydrogens (tertiary/aromatic N) is 4. The van der Waals surface area contributed by atoms with Crippen molar-refractivity contribution in [3.05, 3.63) is 47.5 Å². The number of hydrogen-bond acceptors (Lipinski definition) is 6. The summed E-state index contributed by atoms with van der Waals surface area (Å²) in [4.78, 5) is 35.4. The van der Waals surface area contributed by atoms with Crippen molar-refractivity contribution in [2.75, 3.05) is 38.2 Å². The van der Waals surface area contributed by atoms with E-state index in [4.69, 9.17) is 10.5 Å². The number of benzene rings is 1. The normalized spacial score (nSPS) is 19.9. The zero-order valence-corrected chi connectivity index (χ0v) is 20.5. The van der Waals surface area contributed by atoms with Gasteiger partial charge in [0.05, 0.1) is 19.6 Å². The summed E-state index contributed by atoms with van der Waals surface area (Å²) < 4.78 is 20.3. The van der Waals surface area contributed by atoms with Gasteiger partial charge in [0.25, 0.3) is 0 Å². The number of aromatic nitrogens is 2. The smallest absolute Gasteiger partial charge is 0.237 e. The number of amides is 2. The van der Waals surface area contributed by atoms with E-state index in [1.807, 2.05) is 19.3 Å². The van der Waals surface area contributed by atoms with Crippen molar-refractivity contribution in [3.63, 3.8) is 0 Å². The summed E-state index contributed by atoms with van der Waals surface area (Å²) in [6, 6.07) is 4.57. The number of halogens is 1. The molecule has 1 aliphatic heterocycles. The Morgan fingerprint density at radius 1 is 1.23 bits per heavy atom. The van der Waals surface area contributed by atoms with Crippen LogP contribution in [0.2, 0.25) is 0 Å². The molecule has 0 bridgehead atoms. The van der Waals surface area contributed by atoms with Crippen LogP contribution >= 0.6 is 0 Å². The molecule has 1 saturated carbocycles. The molecule has 2 amide bonds. The molecule has 2 atom stereocenters. The van der Waals surface area contributed by atoms with Crippen molar-refractivity contribution in [3.8, 4) is 5.75 Å². The zero-order chi connectivity index (χ0) is 24.9. The summed E-state index contributed by atoms with van der Waals surface area (Å²) in [6.07, 6.45) is 8.15. The highest BCUT2D eigenvalue weighted by Gasteiger charge is 2.43. The second kappa shape index (κ2) is 11.0. The lowest BCUT2D eigenvalue weighted by molar-refractivity contribution is -0.133. The number of primary amides is 1. The van der Waals surface area contributed by atoms with Gasteiger partial charge >= 0.3 is 0 Å². The Kier molecular flexibility index (Phi) is 7.83. The topological polar surface area (TPSA) is 102 Å². The molecule has 35 heavy (non-hydrogen) atoms. The van der Waals surface area contributed by atoms with Crippen molar-refractivity contribution in [1.82, 2.24) is 14.9 Å². The first-order valence-electron chi connectivity index (χ1n) is 12.3. The van der Waals surface area contributed by atoms with Crippen LogP contribution in [0.4, 0.5) is 10.3 Å². The summed E-state index contributed by atoms with van der Waals surface area (Å²) in [6.45, 7) is 4.36. The van der Waals surface area contributed by atoms with E-state index in [1.54, 1.807) is 12.1 Å². The van der Waals surface area contributed by atoms with Crippen molar-refractivity contribution in [2.24, 2.45) is 23.5 Å². The molecular weight excluding hydrogens is 449 g/mol. The third kappa shape index (κ3) is 6.68. The highest BCUT2D eigenvalue weighted by atomic mass is 19.1. The third-order valence-corrected chi connectivity index (χ3v) is 7.11. The minimum Gasteiger partial charge on any atom is -0.493 e. The summed E-state index contributed by atoms with van der Waals surface area (Å²) >= 11 is 0. The Morgan fingerprint density at radius 2 is 1.94 bits per heavy atom. The SMILES string of the molecule is Cc1cnc(N2CCC([C@H]3C[C@H]3CCOc3ccc(CC(=O)N(C)CC(N)=O)c(F)c3)CC2)nc1. The van der Waals surface area contributed by atoms with Gasteiger partial charge in [0.2, 0.25) is 17.8 Å². The molecule has 2 aromatic rings. The van der Waals surface area contributed by atoms with Gasteiger partial charge in [0, 0.05) is 38.6 Å². The van der Waals surface area contributed by atoms with Gasteiger partial charge in [-0.2, -0.15) is 0 Å². The Balaban J connectivity index is 1.17. The number of nitrogens with two attached hydrogens (primary N) is 1. The van der Waals surface area contributed by atoms with Gasteiger partial charge in [0.15, 0.2) is 0 Å². The molecule has 4 rings (SSSR count). The maximum absolute atomic E-state index is 14.5. The number of piperidine rings is 1. The molecule has 0 spiro atoms. The fraction of sp³-hybridized carbons (Fsp3) is 0.538. The van der Waals surface area contributed by atoms with Crippen LogP contribution in [0, 0.1) is 30.5 Å². The largest absolute Gasteiger partial charge is 0.493 e. The number of likely N-dealkylation sites (N-methyl/N-ethyl adjacent to an activating group) is 1. The van der Waals surface area contributed by atoms with Gasteiger partial charge in [-0.15, -0.1) is 0 Å². The van der Waals surface area contributed by atoms with Crippen LogP contribution in [0.5, 0.6) is 5.75 Å². The Labute approximate surface area is 205 Å². The standard InChI is InChI=1S/C26H34FN5O3/c1-17-14-29-26(30-15-17)32-8-5-18(6-9-32)22-11-19(22)7-10-35-21-4-3-20(23(27)13-21)12-25(34)31(2)16-24(28)33/h3-4,13-15,18-19,22H,5-12,16H2,1-2H3,(H2,28,33)/t19-,22-/m1/s1. The van der Waals surface area contributed by atoms with E-state index >= 15 is 0 Å². The summed E-state index contributed by atoms with van der Waals surface area (Å²) in [7, 11) is 1.47. The first-order chi connectivity index (χ1) is 16.8. The molecule has 1 aromatic heterocycles. The number of carbonyl (C=O) groups is 2. The van der Waals surface area contributed by atoms with Gasteiger partial charge in [-0.1, -0.05) is 6.07 Å². The minimum atomic E-state index is -0.606. The Hall–Kier alpha value is -3.23. The van der Waals surface area contributed by atoms with Crippen molar-refractivity contribution in [2.45, 2.75) is 39.0 Å². The van der Waals surface area contributed by atoms with Gasteiger partial charge in [-0.3, -0.25) is 9.59 Å². The molecular formula is C26H34FN5O3. The number of rotatable bonds is 10. The number of carbonyl (C=O) groups excluding carboxylic acids is 2. The number of ether oxygens (including phenoxy) is 1. The predicted molar refractivity (Wildman–Crippen MR) is 130 cm³/mol. The van der Waals surface area contributed by atoms with Crippen LogP contribution < -0.4 is 15.4 Å². The molecule has 9 heteroatoms. The van der Waals surface area contributed by atoms with E-state index in [1.165, 1.54) is 37.3 Å². The van der Waals surface area contributed by atoms with E-state index < -0.39 is 11.7 Å². The van der Waals surface area contributed by atoms with E-state index in [-0.39, 0.29) is 24.4 Å². The van der Waals surface area contributed by atoms with Crippen LogP contribution in [0.3, 0.4) is 0 Å². The lowest BCUT2D eigenvalue weighted by Crippen LogP contribution is -2.36. The monoisotopic (exact) mass is 483 g/mol. The molecule has 188 valence electrons. The molecule has 2 heterocycles. The van der Waals surface area contributed by atoms with Crippen LogP contribution in [0.15, 0.2) is 30.6 Å². The number of hydrogen-bond donors (Lipinski definition) is 1. The molecule has 0 unspecified atom stereocenters. The van der Waals surface area contributed by atoms with Gasteiger partial charge in [-0.05, 0) is 67.6 Å². The Morgan fingerprint density at radius 3 is 2.60 bits per heavy atom. The second-order valence-electron chi connectivity index (χ2n) is 9.83. The molecule has 1 aromatic carbocycles. The third-order valence-electron chi connectivity index (χ3n) is 7.11. The van der Waals surface area contributed by atoms with Gasteiger partial charge in [0.1, 0.15) is 11.6 Å². The Bertz CT molecular complexity index is 1040. The van der Waals surface area contributed by atoms with E-state index in [0.29, 0.717) is 18.3 Å². The lowest BCUT2D eigenvalue weighted by Gasteiger charge is -2.32. The molecule has 8 nitrogen and oxygen atoms in total. The van der Waals surface area contributed by atoms with Crippen molar-refractivity contribution in [1.29, 1.82) is 0 Å². The zero-order valence-electron chi connectivity index (χ0n) is 20.5. The second-order valence-corrected chi connectivity index (χ2v) is 9.83. The molecule has 0 radical (unpaired) electrons. The summed E-state index contributed by atoms with van der Waals surface area (Å²) in [5.74, 6) is 1.99. The van der Waals surface area contributed by atoms with Crippen LogP contribution in [-0.4, -0.2) is 60.0 Å². The number of anilines is 1. The summed E-state index contributed by atoms with van der Waals surface area (Å²) in [5.41, 5.74) is 6.44. The maximum atomic E-state index is 14.5. The van der Waals surface area contributed by atoms with Crippen molar-refractivity contribution >= 4 is 17.8 Å². The first kappa shape index (κ1) is 24.9. The number of aryl methyl sites for hydroxylation is 1. The summed E-state index contributed by atoms with van der Waals surface area (Å²) in [5, 5.41) is 0. The van der Waals surface area contributed by atoms with Crippen molar-refractivity contribution < 1.29 is 18.7 Å². The highest BCUT2D eigenvalue weighted by molar-refractivity contribution is 5.84. The highest BCUT2D eigenvalue weighted by Crippen LogP contribution is 2.49. The molecule has 2 N–H and O–H groups in total. The lowest BCUT2D eigenvalue weighted by atomic mass is 9.90. The average molecular weight is 484 g/mol. The van der Waals surface area contributed by atoms with Crippen LogP contribution in [-0.2, 0) is 16.0 Å². The molecule has 1 aliphatic carbocycles. The quantitative estimate of drug-likeness (QED) is 0.558. The molecule has 1 saturated heterocycles. The van der Waals surface area contributed by atoms with E-state index in [2.05, 4.69) is 14.9 Å². The van der Waals surface area contributed by atoms with Gasteiger partial charge in [-0.25, -0.2) is 14.4 Å². The van der Waals surface area contributed by atoms with E-state index in [9.17, 15) is 14.0 Å². The average Bonchev–Trinajstić information content (AvgIpc) is 3.60. The molecule has 2 fully saturated rings. The molecule has 2 aliphatic rings. The fourth-order valence-electron chi connectivity index (χ4n) is 4.97. The van der Waals surface area contributed by atoms with E-state index in [0.717, 1.165) is 42.9 Å². The predicted octanol–water partition coefficient (Wildman–Crippen LogP) is 2.73. The maximum Gasteiger partial charge on any atom is 0.237 e. The van der Waals surface area contributed by atoms with Gasteiger partial charge < -0.3 is 20.3 Å². The van der Waals surface area contributed by atoms with Crippen LogP contribution in [0.1, 0.15) is 36.8 Å². The minimum absolute atomic E-state index is 0.130. The first-order valence-corrected chi connectivity index (χ1v) is 12.3. The fourth-order valence-corrected chi connectivity index (χ4v) is 4.97. The van der Waals surface area contributed by atoms with Crippen LogP contribution in [0.25, 0.3) is 0 Å².